The first-order chi connectivity index (χ1) is 7.86. The quantitative estimate of drug-likeness (QED) is 0.698. The van der Waals surface area contributed by atoms with Gasteiger partial charge in [0, 0.05) is 11.0 Å². The van der Waals surface area contributed by atoms with Crippen molar-refractivity contribution >= 4 is 43.2 Å². The highest BCUT2D eigenvalue weighted by atomic mass is 79.9. The third-order valence-corrected chi connectivity index (χ3v) is 4.25. The molecule has 17 heavy (non-hydrogen) atoms. The largest absolute Gasteiger partial charge is 0.390 e. The van der Waals surface area contributed by atoms with Crippen molar-refractivity contribution in [3.05, 3.63) is 22.7 Å². The molecule has 0 aliphatic rings. The van der Waals surface area contributed by atoms with Crippen molar-refractivity contribution in [3.63, 3.8) is 0 Å². The van der Waals surface area contributed by atoms with E-state index in [1.807, 2.05) is 0 Å². The van der Waals surface area contributed by atoms with E-state index in [4.69, 9.17) is 16.7 Å². The number of halogens is 2. The molecule has 0 saturated heterocycles. The average molecular weight is 344 g/mol. The van der Waals surface area contributed by atoms with Crippen LogP contribution in [-0.2, 0) is 10.0 Å². The van der Waals surface area contributed by atoms with Crippen molar-refractivity contribution < 1.29 is 13.5 Å². The van der Waals surface area contributed by atoms with Gasteiger partial charge < -0.3 is 10.4 Å². The number of nitrogens with one attached hydrogen (secondary N) is 1. The van der Waals surface area contributed by atoms with Gasteiger partial charge in [0.1, 0.15) is 4.90 Å². The van der Waals surface area contributed by atoms with Gasteiger partial charge in [0.2, 0.25) is 10.0 Å². The molecule has 1 aromatic rings. The Morgan fingerprint density at radius 1 is 1.53 bits per heavy atom. The standard InChI is InChI=1S/C9H12BrClN2O3S/c10-7-2-1-3-8(9(7)17(12,15)16)13-5-6(14)4-11/h1-3,6,13-14H,4-5H2,(H2,12,15,16). The highest BCUT2D eigenvalue weighted by Crippen LogP contribution is 2.28. The van der Waals surface area contributed by atoms with Crippen LogP contribution < -0.4 is 10.5 Å². The van der Waals surface area contributed by atoms with E-state index < -0.39 is 16.1 Å². The summed E-state index contributed by atoms with van der Waals surface area (Å²) in [5.41, 5.74) is 0.325. The molecule has 0 saturated carbocycles. The third-order valence-electron chi connectivity index (χ3n) is 1.96. The number of anilines is 1. The number of alkyl halides is 1. The van der Waals surface area contributed by atoms with E-state index in [-0.39, 0.29) is 17.3 Å². The van der Waals surface area contributed by atoms with E-state index in [1.165, 1.54) is 0 Å². The first-order valence-corrected chi connectivity index (χ1v) is 7.53. The van der Waals surface area contributed by atoms with Gasteiger partial charge in [0.05, 0.1) is 17.7 Å². The van der Waals surface area contributed by atoms with Crippen molar-refractivity contribution in [2.24, 2.45) is 5.14 Å². The molecule has 8 heteroatoms. The molecule has 1 rings (SSSR count). The van der Waals surface area contributed by atoms with Crippen LogP contribution in [0.3, 0.4) is 0 Å². The Kier molecular flexibility index (Phi) is 5.21. The van der Waals surface area contributed by atoms with Crippen LogP contribution in [-0.4, -0.2) is 32.1 Å². The topological polar surface area (TPSA) is 92.4 Å². The Morgan fingerprint density at radius 3 is 2.71 bits per heavy atom. The zero-order valence-corrected chi connectivity index (χ0v) is 11.9. The molecule has 0 fully saturated rings. The number of sulfonamides is 1. The fourth-order valence-electron chi connectivity index (χ4n) is 1.22. The van der Waals surface area contributed by atoms with Crippen molar-refractivity contribution in [2.45, 2.75) is 11.0 Å². The van der Waals surface area contributed by atoms with Gasteiger partial charge in [-0.05, 0) is 28.1 Å². The van der Waals surface area contributed by atoms with Gasteiger partial charge in [0.15, 0.2) is 0 Å². The highest BCUT2D eigenvalue weighted by Gasteiger charge is 2.18. The second kappa shape index (κ2) is 6.01. The van der Waals surface area contributed by atoms with Gasteiger partial charge in [-0.2, -0.15) is 0 Å². The monoisotopic (exact) mass is 342 g/mol. The summed E-state index contributed by atoms with van der Waals surface area (Å²) >= 11 is 8.56. The Morgan fingerprint density at radius 2 is 2.18 bits per heavy atom. The van der Waals surface area contributed by atoms with Gasteiger partial charge in [0.25, 0.3) is 0 Å². The van der Waals surface area contributed by atoms with E-state index in [0.717, 1.165) is 0 Å². The fourth-order valence-corrected chi connectivity index (χ4v) is 3.16. The van der Waals surface area contributed by atoms with Crippen LogP contribution in [0.25, 0.3) is 0 Å². The zero-order chi connectivity index (χ0) is 13.1. The van der Waals surface area contributed by atoms with Gasteiger partial charge in [-0.25, -0.2) is 13.6 Å². The molecule has 96 valence electrons. The average Bonchev–Trinajstić information content (AvgIpc) is 2.24. The van der Waals surface area contributed by atoms with Crippen molar-refractivity contribution in [1.82, 2.24) is 0 Å². The second-order valence-electron chi connectivity index (χ2n) is 3.35. The molecule has 0 aliphatic carbocycles. The number of nitrogens with two attached hydrogens (primary N) is 1. The number of rotatable bonds is 5. The van der Waals surface area contributed by atoms with Crippen LogP contribution >= 0.6 is 27.5 Å². The van der Waals surface area contributed by atoms with E-state index in [2.05, 4.69) is 21.2 Å². The molecular formula is C9H12BrClN2O3S. The number of aliphatic hydroxyl groups is 1. The number of aliphatic hydroxyl groups excluding tert-OH is 1. The van der Waals surface area contributed by atoms with Gasteiger partial charge in [-0.15, -0.1) is 11.6 Å². The van der Waals surface area contributed by atoms with E-state index in [1.54, 1.807) is 18.2 Å². The highest BCUT2D eigenvalue weighted by molar-refractivity contribution is 9.10. The molecule has 5 nitrogen and oxygen atoms in total. The summed E-state index contributed by atoms with van der Waals surface area (Å²) in [5.74, 6) is 0.0612. The number of primary sulfonamides is 1. The van der Waals surface area contributed by atoms with E-state index in [9.17, 15) is 13.5 Å². The summed E-state index contributed by atoms with van der Waals surface area (Å²) in [7, 11) is -3.84. The SMILES string of the molecule is NS(=O)(=O)c1c(Br)cccc1NCC(O)CCl. The maximum atomic E-state index is 11.4. The minimum atomic E-state index is -3.84. The summed E-state index contributed by atoms with van der Waals surface area (Å²) < 4.78 is 23.2. The predicted molar refractivity (Wildman–Crippen MR) is 70.7 cm³/mol. The van der Waals surface area contributed by atoms with Gasteiger partial charge in [-0.3, -0.25) is 0 Å². The first-order valence-electron chi connectivity index (χ1n) is 4.65. The lowest BCUT2D eigenvalue weighted by molar-refractivity contribution is 0.211. The Balaban J connectivity index is 3.04. The van der Waals surface area contributed by atoms with E-state index in [0.29, 0.717) is 10.2 Å². The van der Waals surface area contributed by atoms with Crippen LogP contribution in [0.4, 0.5) is 5.69 Å². The smallest absolute Gasteiger partial charge is 0.241 e. The lowest BCUT2D eigenvalue weighted by Gasteiger charge is -2.14. The summed E-state index contributed by atoms with van der Waals surface area (Å²) in [5, 5.41) is 17.2. The maximum Gasteiger partial charge on any atom is 0.241 e. The van der Waals surface area contributed by atoms with Crippen molar-refractivity contribution in [3.8, 4) is 0 Å². The zero-order valence-electron chi connectivity index (χ0n) is 8.73. The summed E-state index contributed by atoms with van der Waals surface area (Å²) in [6.45, 7) is 0.141. The van der Waals surface area contributed by atoms with E-state index >= 15 is 0 Å². The van der Waals surface area contributed by atoms with Crippen LogP contribution in [0.15, 0.2) is 27.6 Å². The Hall–Kier alpha value is -0.340. The lowest BCUT2D eigenvalue weighted by atomic mass is 10.3. The third kappa shape index (κ3) is 4.11. The number of benzene rings is 1. The minimum Gasteiger partial charge on any atom is -0.390 e. The molecule has 1 unspecified atom stereocenters. The summed E-state index contributed by atoms with van der Waals surface area (Å²) in [6.07, 6.45) is -0.760. The molecule has 0 amide bonds. The second-order valence-corrected chi connectivity index (χ2v) is 6.01. The lowest BCUT2D eigenvalue weighted by Crippen LogP contribution is -2.23. The normalized spacial score (nSPS) is 13.4. The molecular weight excluding hydrogens is 332 g/mol. The predicted octanol–water partition coefficient (Wildman–Crippen LogP) is 1.11. The Labute approximate surface area is 113 Å². The molecule has 4 N–H and O–H groups in total. The van der Waals surface area contributed by atoms with Crippen LogP contribution in [0.2, 0.25) is 0 Å². The first kappa shape index (κ1) is 14.7. The van der Waals surface area contributed by atoms with Crippen molar-refractivity contribution in [2.75, 3.05) is 17.7 Å². The van der Waals surface area contributed by atoms with Gasteiger partial charge >= 0.3 is 0 Å². The summed E-state index contributed by atoms with van der Waals surface area (Å²) in [4.78, 5) is -0.0400. The number of hydrogen-bond donors (Lipinski definition) is 3. The molecule has 0 radical (unpaired) electrons. The fraction of sp³-hybridized carbons (Fsp3) is 0.333. The molecule has 1 atom stereocenters. The Bertz CT molecular complexity index is 495. The molecule has 0 spiro atoms. The molecule has 0 aliphatic heterocycles. The molecule has 1 aromatic carbocycles. The van der Waals surface area contributed by atoms with Gasteiger partial charge in [-0.1, -0.05) is 6.07 Å². The van der Waals surface area contributed by atoms with Crippen LogP contribution in [0.1, 0.15) is 0 Å². The molecule has 0 heterocycles. The minimum absolute atomic E-state index is 0.0400. The number of hydrogen-bond acceptors (Lipinski definition) is 4. The summed E-state index contributed by atoms with van der Waals surface area (Å²) in [6, 6.07) is 4.79. The maximum absolute atomic E-state index is 11.4. The van der Waals surface area contributed by atoms with Crippen LogP contribution in [0, 0.1) is 0 Å². The molecule has 0 aromatic heterocycles. The van der Waals surface area contributed by atoms with Crippen LogP contribution in [0.5, 0.6) is 0 Å². The molecule has 0 bridgehead atoms. The van der Waals surface area contributed by atoms with Crippen molar-refractivity contribution in [1.29, 1.82) is 0 Å².